The summed E-state index contributed by atoms with van der Waals surface area (Å²) in [4.78, 5) is 66.0. The number of anilines is 1. The van der Waals surface area contributed by atoms with Crippen molar-refractivity contribution < 1.29 is 37.8 Å². The van der Waals surface area contributed by atoms with Crippen molar-refractivity contribution in [2.24, 2.45) is 0 Å². The number of amides is 6. The fourth-order valence-electron chi connectivity index (χ4n) is 4.42. The van der Waals surface area contributed by atoms with Crippen LogP contribution in [0.1, 0.15) is 31.8 Å². The summed E-state index contributed by atoms with van der Waals surface area (Å²) in [5, 5.41) is 2.10. The molecule has 0 radical (unpaired) electrons. The van der Waals surface area contributed by atoms with Crippen LogP contribution in [0.2, 0.25) is 0 Å². The number of nitrogens with one attached hydrogen (secondary N) is 1. The SMILES string of the molecule is COc1cc(OC)c(CN2C(=O)c3ccccc3C2=O)cc1/C=C1\C(=O)NC(=O)N(c2ccc(F)cc2)C1=O. The van der Waals surface area contributed by atoms with E-state index in [2.05, 4.69) is 5.32 Å². The molecular formula is C28H20FN3O7. The summed E-state index contributed by atoms with van der Waals surface area (Å²) in [5.74, 6) is -2.86. The smallest absolute Gasteiger partial charge is 0.335 e. The molecule has 0 unspecified atom stereocenters. The molecule has 0 atom stereocenters. The topological polar surface area (TPSA) is 122 Å². The number of rotatable bonds is 6. The quantitative estimate of drug-likeness (QED) is 0.295. The van der Waals surface area contributed by atoms with Crippen LogP contribution < -0.4 is 19.7 Å². The van der Waals surface area contributed by atoms with E-state index in [1.807, 2.05) is 0 Å². The molecule has 196 valence electrons. The molecule has 0 aromatic heterocycles. The van der Waals surface area contributed by atoms with Gasteiger partial charge in [0.15, 0.2) is 0 Å². The van der Waals surface area contributed by atoms with Gasteiger partial charge < -0.3 is 9.47 Å². The summed E-state index contributed by atoms with van der Waals surface area (Å²) in [6, 6.07) is 13.1. The minimum atomic E-state index is -0.984. The molecule has 0 spiro atoms. The Kier molecular flexibility index (Phi) is 6.40. The monoisotopic (exact) mass is 529 g/mol. The summed E-state index contributed by atoms with van der Waals surface area (Å²) in [6.07, 6.45) is 1.23. The predicted molar refractivity (Wildman–Crippen MR) is 136 cm³/mol. The lowest BCUT2D eigenvalue weighted by atomic mass is 10.0. The number of halogens is 1. The Balaban J connectivity index is 1.54. The minimum absolute atomic E-state index is 0.0605. The highest BCUT2D eigenvalue weighted by Crippen LogP contribution is 2.34. The molecule has 0 bridgehead atoms. The van der Waals surface area contributed by atoms with Crippen molar-refractivity contribution in [1.29, 1.82) is 0 Å². The van der Waals surface area contributed by atoms with Gasteiger partial charge in [0.2, 0.25) is 0 Å². The first-order valence-electron chi connectivity index (χ1n) is 11.6. The molecule has 0 saturated carbocycles. The highest BCUT2D eigenvalue weighted by atomic mass is 19.1. The molecule has 2 heterocycles. The van der Waals surface area contributed by atoms with Crippen molar-refractivity contribution in [2.45, 2.75) is 6.54 Å². The molecular weight excluding hydrogens is 509 g/mol. The van der Waals surface area contributed by atoms with Gasteiger partial charge in [0, 0.05) is 17.2 Å². The van der Waals surface area contributed by atoms with Gasteiger partial charge in [-0.25, -0.2) is 14.1 Å². The molecule has 10 nitrogen and oxygen atoms in total. The first kappa shape index (κ1) is 25.3. The zero-order valence-corrected chi connectivity index (χ0v) is 20.7. The minimum Gasteiger partial charge on any atom is -0.496 e. The van der Waals surface area contributed by atoms with E-state index in [1.165, 1.54) is 44.6 Å². The van der Waals surface area contributed by atoms with E-state index in [0.717, 1.165) is 17.0 Å². The van der Waals surface area contributed by atoms with Gasteiger partial charge in [0.1, 0.15) is 22.9 Å². The molecule has 1 N–H and O–H groups in total. The normalized spacial score (nSPS) is 16.1. The van der Waals surface area contributed by atoms with Gasteiger partial charge in [0.25, 0.3) is 23.6 Å². The fourth-order valence-corrected chi connectivity index (χ4v) is 4.42. The van der Waals surface area contributed by atoms with E-state index >= 15 is 0 Å². The molecule has 0 aliphatic carbocycles. The maximum atomic E-state index is 13.4. The Labute approximate surface area is 221 Å². The fraction of sp³-hybridized carbons (Fsp3) is 0.107. The molecule has 39 heavy (non-hydrogen) atoms. The summed E-state index contributed by atoms with van der Waals surface area (Å²) in [6.45, 7) is -0.157. The number of benzene rings is 3. The summed E-state index contributed by atoms with van der Waals surface area (Å²) in [7, 11) is 2.78. The van der Waals surface area contributed by atoms with Crippen LogP contribution in [0.25, 0.3) is 6.08 Å². The second-order valence-electron chi connectivity index (χ2n) is 8.58. The maximum absolute atomic E-state index is 13.4. The Hall–Kier alpha value is -5.32. The predicted octanol–water partition coefficient (Wildman–Crippen LogP) is 3.31. The van der Waals surface area contributed by atoms with Crippen molar-refractivity contribution in [3.63, 3.8) is 0 Å². The summed E-state index contributed by atoms with van der Waals surface area (Å²) >= 11 is 0. The first-order valence-corrected chi connectivity index (χ1v) is 11.6. The van der Waals surface area contributed by atoms with Crippen molar-refractivity contribution in [3.05, 3.63) is 94.3 Å². The number of carbonyl (C=O) groups excluding carboxylic acids is 5. The zero-order valence-electron chi connectivity index (χ0n) is 20.7. The number of hydrogen-bond acceptors (Lipinski definition) is 7. The Bertz CT molecular complexity index is 1560. The first-order chi connectivity index (χ1) is 18.7. The van der Waals surface area contributed by atoms with Crippen molar-refractivity contribution in [1.82, 2.24) is 10.2 Å². The maximum Gasteiger partial charge on any atom is 0.335 e. The standard InChI is InChI=1S/C28H20FN3O7/c1-38-22-13-23(39-2)16(14-31-25(34)19-5-3-4-6-20(19)26(31)35)11-15(22)12-21-24(33)30-28(37)32(27(21)36)18-9-7-17(29)8-10-18/h3-13H,14H2,1-2H3,(H,30,33,37)/b21-12+. The van der Waals surface area contributed by atoms with Crippen LogP contribution in [0.4, 0.5) is 14.9 Å². The molecule has 3 aromatic rings. The molecule has 6 amide bonds. The van der Waals surface area contributed by atoms with Crippen molar-refractivity contribution in [3.8, 4) is 11.5 Å². The van der Waals surface area contributed by atoms with E-state index in [0.29, 0.717) is 16.2 Å². The van der Waals surface area contributed by atoms with Gasteiger partial charge in [-0.1, -0.05) is 12.1 Å². The van der Waals surface area contributed by atoms with E-state index in [9.17, 15) is 28.4 Å². The molecule has 11 heteroatoms. The second-order valence-corrected chi connectivity index (χ2v) is 8.58. The van der Waals surface area contributed by atoms with E-state index < -0.39 is 41.1 Å². The summed E-state index contributed by atoms with van der Waals surface area (Å²) in [5.41, 5.74) is 0.880. The van der Waals surface area contributed by atoms with Crippen LogP contribution in [-0.4, -0.2) is 48.8 Å². The molecule has 3 aromatic carbocycles. The van der Waals surface area contributed by atoms with Gasteiger partial charge in [-0.2, -0.15) is 0 Å². The van der Waals surface area contributed by atoms with Crippen LogP contribution in [0.15, 0.2) is 66.2 Å². The van der Waals surface area contributed by atoms with E-state index in [-0.39, 0.29) is 34.7 Å². The van der Waals surface area contributed by atoms with Crippen LogP contribution in [0.3, 0.4) is 0 Å². The number of ether oxygens (including phenoxy) is 2. The lowest BCUT2D eigenvalue weighted by Crippen LogP contribution is -2.54. The van der Waals surface area contributed by atoms with Crippen molar-refractivity contribution in [2.75, 3.05) is 19.1 Å². The molecule has 5 rings (SSSR count). The molecule has 1 fully saturated rings. The number of nitrogens with zero attached hydrogens (tertiary/aromatic N) is 2. The van der Waals surface area contributed by atoms with Gasteiger partial charge >= 0.3 is 6.03 Å². The zero-order chi connectivity index (χ0) is 27.8. The van der Waals surface area contributed by atoms with Gasteiger partial charge in [-0.15, -0.1) is 0 Å². The number of imide groups is 3. The van der Waals surface area contributed by atoms with Gasteiger partial charge in [0.05, 0.1) is 37.6 Å². The number of barbiturate groups is 1. The van der Waals surface area contributed by atoms with Crippen molar-refractivity contribution >= 4 is 41.4 Å². The average Bonchev–Trinajstić information content (AvgIpc) is 3.17. The van der Waals surface area contributed by atoms with E-state index in [4.69, 9.17) is 9.47 Å². The number of urea groups is 1. The summed E-state index contributed by atoms with van der Waals surface area (Å²) < 4.78 is 24.3. The average molecular weight is 529 g/mol. The van der Waals surface area contributed by atoms with Crippen LogP contribution in [-0.2, 0) is 16.1 Å². The number of carbonyl (C=O) groups is 5. The molecule has 2 aliphatic heterocycles. The molecule has 2 aliphatic rings. The third-order valence-corrected chi connectivity index (χ3v) is 6.33. The number of methoxy groups -OCH3 is 2. The highest BCUT2D eigenvalue weighted by Gasteiger charge is 2.38. The Morgan fingerprint density at radius 1 is 0.821 bits per heavy atom. The Morgan fingerprint density at radius 2 is 1.44 bits per heavy atom. The van der Waals surface area contributed by atoms with Gasteiger partial charge in [-0.05, 0) is 48.5 Å². The van der Waals surface area contributed by atoms with Gasteiger partial charge in [-0.3, -0.25) is 29.4 Å². The van der Waals surface area contributed by atoms with Crippen LogP contribution in [0, 0.1) is 5.82 Å². The lowest BCUT2D eigenvalue weighted by Gasteiger charge is -2.26. The Morgan fingerprint density at radius 3 is 2.03 bits per heavy atom. The van der Waals surface area contributed by atoms with E-state index in [1.54, 1.807) is 24.3 Å². The third kappa shape index (κ3) is 4.39. The number of fused-ring (bicyclic) bond motifs is 1. The largest absolute Gasteiger partial charge is 0.496 e. The highest BCUT2D eigenvalue weighted by molar-refractivity contribution is 6.39. The second kappa shape index (κ2) is 9.86. The molecule has 1 saturated heterocycles. The lowest BCUT2D eigenvalue weighted by molar-refractivity contribution is -0.122. The number of hydrogen-bond donors (Lipinski definition) is 1. The van der Waals surface area contributed by atoms with Crippen LogP contribution in [0.5, 0.6) is 11.5 Å². The van der Waals surface area contributed by atoms with Crippen LogP contribution >= 0.6 is 0 Å². The third-order valence-electron chi connectivity index (χ3n) is 6.33.